The Kier molecular flexibility index (Phi) is 11.9. The summed E-state index contributed by atoms with van der Waals surface area (Å²) in [6, 6.07) is 16.8. The van der Waals surface area contributed by atoms with E-state index in [1.165, 1.54) is 51.4 Å². The van der Waals surface area contributed by atoms with E-state index in [0.29, 0.717) is 29.3 Å². The number of aliphatic hydroxyl groups excluding tert-OH is 1. The summed E-state index contributed by atoms with van der Waals surface area (Å²) in [6.07, 6.45) is 20.0. The normalized spacial score (nSPS) is 20.3. The van der Waals surface area contributed by atoms with Gasteiger partial charge in [-0.15, -0.1) is 0 Å². The molecular weight excluding hydrogens is 512 g/mol. The Balaban J connectivity index is 1.27. The minimum atomic E-state index is -1.48. The Morgan fingerprint density at radius 3 is 1.90 bits per heavy atom. The van der Waals surface area contributed by atoms with E-state index in [0.717, 1.165) is 24.1 Å². The van der Waals surface area contributed by atoms with Crippen molar-refractivity contribution in [2.75, 3.05) is 6.61 Å². The van der Waals surface area contributed by atoms with Gasteiger partial charge in [0.15, 0.2) is 0 Å². The van der Waals surface area contributed by atoms with Crippen LogP contribution in [0.4, 0.5) is 17.1 Å². The number of benzene rings is 2. The number of fused-ring (bicyclic) bond motifs is 1. The van der Waals surface area contributed by atoms with Gasteiger partial charge in [-0.05, 0) is 66.6 Å². The highest BCUT2D eigenvalue weighted by atomic mass is 16.6. The first-order valence-corrected chi connectivity index (χ1v) is 14.9. The van der Waals surface area contributed by atoms with Gasteiger partial charge in [0.05, 0.1) is 23.7 Å². The van der Waals surface area contributed by atoms with Crippen molar-refractivity contribution in [1.82, 2.24) is 0 Å². The van der Waals surface area contributed by atoms with Gasteiger partial charge in [-0.1, -0.05) is 95.1 Å². The van der Waals surface area contributed by atoms with Gasteiger partial charge in [-0.3, -0.25) is 0 Å². The molecule has 7 heteroatoms. The largest absolute Gasteiger partial charge is 0.383 e. The average molecular weight is 555 g/mol. The van der Waals surface area contributed by atoms with Gasteiger partial charge in [0, 0.05) is 5.57 Å². The monoisotopic (exact) mass is 554 g/mol. The van der Waals surface area contributed by atoms with Gasteiger partial charge >= 0.3 is 0 Å². The number of hydrogen-bond donors (Lipinski definition) is 2. The second-order valence-electron chi connectivity index (χ2n) is 10.6. The van der Waals surface area contributed by atoms with Crippen molar-refractivity contribution < 1.29 is 14.9 Å². The SMILES string of the molecule is CCCCCCCCCCCCOC1(O)C=CC2=C(N=Nc3ccc(N=Nc4ccccc4)cc3)C(O)C=CC2=C1. The number of hydrogen-bond acceptors (Lipinski definition) is 7. The Morgan fingerprint density at radius 2 is 1.27 bits per heavy atom. The number of ether oxygens (including phenoxy) is 1. The fraction of sp³-hybridized carbons (Fsp3) is 0.412. The maximum Gasteiger partial charge on any atom is 0.206 e. The lowest BCUT2D eigenvalue weighted by molar-refractivity contribution is -0.131. The Labute approximate surface area is 243 Å². The molecule has 7 nitrogen and oxygen atoms in total. The maximum absolute atomic E-state index is 11.0. The summed E-state index contributed by atoms with van der Waals surface area (Å²) in [7, 11) is 0. The average Bonchev–Trinajstić information content (AvgIpc) is 2.99. The summed E-state index contributed by atoms with van der Waals surface area (Å²) < 4.78 is 5.84. The molecule has 0 aromatic heterocycles. The van der Waals surface area contributed by atoms with E-state index in [9.17, 15) is 10.2 Å². The Bertz CT molecular complexity index is 1280. The molecule has 4 rings (SSSR count). The van der Waals surface area contributed by atoms with Gasteiger partial charge in [0.25, 0.3) is 0 Å². The van der Waals surface area contributed by atoms with Crippen molar-refractivity contribution in [3.05, 3.63) is 102 Å². The third-order valence-corrected chi connectivity index (χ3v) is 7.17. The van der Waals surface area contributed by atoms with E-state index >= 15 is 0 Å². The molecule has 2 unspecified atom stereocenters. The number of azo groups is 2. The molecule has 0 bridgehead atoms. The second kappa shape index (κ2) is 16.1. The van der Waals surface area contributed by atoms with Crippen LogP contribution in [0.5, 0.6) is 0 Å². The first-order chi connectivity index (χ1) is 20.1. The zero-order chi connectivity index (χ0) is 28.8. The highest BCUT2D eigenvalue weighted by Crippen LogP contribution is 2.34. The summed E-state index contributed by atoms with van der Waals surface area (Å²) in [6.45, 7) is 2.73. The van der Waals surface area contributed by atoms with Gasteiger partial charge < -0.3 is 14.9 Å². The lowest BCUT2D eigenvalue weighted by Gasteiger charge is -2.28. The molecule has 0 aliphatic heterocycles. The first-order valence-electron chi connectivity index (χ1n) is 14.9. The molecule has 2 atom stereocenters. The summed E-state index contributed by atoms with van der Waals surface area (Å²) in [5.41, 5.74) is 3.98. The molecule has 0 saturated heterocycles. The highest BCUT2D eigenvalue weighted by Gasteiger charge is 2.30. The smallest absolute Gasteiger partial charge is 0.206 e. The zero-order valence-electron chi connectivity index (χ0n) is 24.0. The van der Waals surface area contributed by atoms with E-state index in [4.69, 9.17) is 4.74 Å². The van der Waals surface area contributed by atoms with Crippen LogP contribution in [-0.4, -0.2) is 28.7 Å². The van der Waals surface area contributed by atoms with E-state index < -0.39 is 11.9 Å². The highest BCUT2D eigenvalue weighted by molar-refractivity contribution is 5.58. The van der Waals surface area contributed by atoms with Crippen molar-refractivity contribution in [3.63, 3.8) is 0 Å². The molecule has 2 aliphatic carbocycles. The van der Waals surface area contributed by atoms with Crippen molar-refractivity contribution in [2.24, 2.45) is 20.5 Å². The number of rotatable bonds is 16. The molecule has 0 heterocycles. The molecule has 0 amide bonds. The van der Waals surface area contributed by atoms with Crippen LogP contribution < -0.4 is 0 Å². The van der Waals surface area contributed by atoms with Crippen LogP contribution in [0, 0.1) is 0 Å². The van der Waals surface area contributed by atoms with Crippen molar-refractivity contribution >= 4 is 17.1 Å². The zero-order valence-corrected chi connectivity index (χ0v) is 24.0. The van der Waals surface area contributed by atoms with Crippen LogP contribution in [0.2, 0.25) is 0 Å². The minimum Gasteiger partial charge on any atom is -0.383 e. The third kappa shape index (κ3) is 9.81. The molecule has 0 spiro atoms. The van der Waals surface area contributed by atoms with E-state index in [2.05, 4.69) is 27.4 Å². The lowest BCUT2D eigenvalue weighted by atomic mass is 9.89. The van der Waals surface area contributed by atoms with E-state index in [-0.39, 0.29) is 0 Å². The molecule has 2 aromatic rings. The van der Waals surface area contributed by atoms with Crippen LogP contribution in [-0.2, 0) is 4.74 Å². The van der Waals surface area contributed by atoms with Gasteiger partial charge in [0.2, 0.25) is 5.79 Å². The lowest BCUT2D eigenvalue weighted by Crippen LogP contribution is -2.31. The fourth-order valence-electron chi connectivity index (χ4n) is 4.80. The second-order valence-corrected chi connectivity index (χ2v) is 10.6. The maximum atomic E-state index is 11.0. The molecule has 2 aromatic carbocycles. The van der Waals surface area contributed by atoms with Gasteiger partial charge in [0.1, 0.15) is 11.8 Å². The van der Waals surface area contributed by atoms with Gasteiger partial charge in [-0.25, -0.2) is 0 Å². The first kappa shape index (κ1) is 30.4. The van der Waals surface area contributed by atoms with Crippen LogP contribution in [0.15, 0.2) is 122 Å². The van der Waals surface area contributed by atoms with Crippen molar-refractivity contribution in [3.8, 4) is 0 Å². The topological polar surface area (TPSA) is 99.1 Å². The molecule has 41 heavy (non-hydrogen) atoms. The van der Waals surface area contributed by atoms with Gasteiger partial charge in [-0.2, -0.15) is 20.5 Å². The molecule has 2 N–H and O–H groups in total. The van der Waals surface area contributed by atoms with Crippen LogP contribution in [0.1, 0.15) is 71.1 Å². The molecule has 0 fully saturated rings. The Hall–Kier alpha value is -3.52. The molecule has 2 aliphatic rings. The summed E-state index contributed by atoms with van der Waals surface area (Å²) in [5.74, 6) is -1.48. The van der Waals surface area contributed by atoms with Crippen LogP contribution in [0.3, 0.4) is 0 Å². The van der Waals surface area contributed by atoms with Crippen LogP contribution >= 0.6 is 0 Å². The standard InChI is InChI=1S/C34H42N4O3/c1-2-3-4-5-6-7-8-9-10-14-25-41-34(40)24-23-31-27(26-34)17-22-32(39)33(31)38-37-30-20-18-29(19-21-30)36-35-28-15-12-11-13-16-28/h11-13,15-24,26,32,39-40H,2-10,14,25H2,1H3. The summed E-state index contributed by atoms with van der Waals surface area (Å²) in [5, 5.41) is 38.7. The summed E-state index contributed by atoms with van der Waals surface area (Å²) in [4.78, 5) is 0. The fourth-order valence-corrected chi connectivity index (χ4v) is 4.80. The van der Waals surface area contributed by atoms with Crippen LogP contribution in [0.25, 0.3) is 0 Å². The molecule has 0 radical (unpaired) electrons. The number of aliphatic hydroxyl groups is 2. The predicted octanol–water partition coefficient (Wildman–Crippen LogP) is 9.49. The Morgan fingerprint density at radius 1 is 0.707 bits per heavy atom. The summed E-state index contributed by atoms with van der Waals surface area (Å²) >= 11 is 0. The molecule has 0 saturated carbocycles. The quantitative estimate of drug-likeness (QED) is 0.123. The van der Waals surface area contributed by atoms with Crippen molar-refractivity contribution in [2.45, 2.75) is 83.0 Å². The molecule has 216 valence electrons. The number of nitrogens with zero attached hydrogens (tertiary/aromatic N) is 4. The van der Waals surface area contributed by atoms with Crippen molar-refractivity contribution in [1.29, 1.82) is 0 Å². The number of unbranched alkanes of at least 4 members (excludes halogenated alkanes) is 9. The van der Waals surface area contributed by atoms with E-state index in [1.807, 2.05) is 42.5 Å². The predicted molar refractivity (Wildman–Crippen MR) is 164 cm³/mol. The number of allylic oxidation sites excluding steroid dienone is 4. The van der Waals surface area contributed by atoms with E-state index in [1.54, 1.807) is 42.5 Å². The third-order valence-electron chi connectivity index (χ3n) is 7.17. The minimum absolute atomic E-state index is 0.416. The molecular formula is C34H42N4O3.